The summed E-state index contributed by atoms with van der Waals surface area (Å²) in [7, 11) is 0. The summed E-state index contributed by atoms with van der Waals surface area (Å²) in [6.07, 6.45) is 0. The monoisotopic (exact) mass is 293 g/mol. The number of nitrogen functional groups attached to an aromatic ring is 1. The fraction of sp³-hybridized carbons (Fsp3) is 0.214. The lowest BCUT2D eigenvalue weighted by atomic mass is 10.1. The molecule has 0 saturated heterocycles. The van der Waals surface area contributed by atoms with Gasteiger partial charge in [-0.05, 0) is 36.6 Å². The van der Waals surface area contributed by atoms with E-state index in [0.717, 1.165) is 18.8 Å². The molecule has 3 N–H and O–H groups in total. The summed E-state index contributed by atoms with van der Waals surface area (Å²) < 4.78 is 0. The lowest BCUT2D eigenvalue weighted by molar-refractivity contribution is 0.841. The Morgan fingerprint density at radius 3 is 2.79 bits per heavy atom. The zero-order valence-corrected chi connectivity index (χ0v) is 12.3. The predicted octanol–water partition coefficient (Wildman–Crippen LogP) is 3.71. The second-order valence-corrected chi connectivity index (χ2v) is 5.64. The van der Waals surface area contributed by atoms with Crippen molar-refractivity contribution >= 4 is 34.5 Å². The second-order valence-electron chi connectivity index (χ2n) is 4.17. The van der Waals surface area contributed by atoms with Gasteiger partial charge in [-0.25, -0.2) is 0 Å². The van der Waals surface area contributed by atoms with Crippen LogP contribution >= 0.6 is 22.9 Å². The topological polar surface area (TPSA) is 53.1 Å². The Kier molecular flexibility index (Phi) is 4.45. The van der Waals surface area contributed by atoms with E-state index < -0.39 is 0 Å². The molecule has 0 spiro atoms. The molecule has 1 aromatic heterocycles. The van der Waals surface area contributed by atoms with Crippen LogP contribution in [0.2, 0.25) is 5.02 Å². The maximum Gasteiger partial charge on any atom is 0.124 e. The van der Waals surface area contributed by atoms with Crippen molar-refractivity contribution in [3.8, 4) is 0 Å². The van der Waals surface area contributed by atoms with Gasteiger partial charge in [0, 0.05) is 27.7 Å². The molecule has 1 heterocycles. The molecule has 0 aliphatic rings. The van der Waals surface area contributed by atoms with Crippen molar-refractivity contribution in [3.05, 3.63) is 51.2 Å². The SMILES string of the molecule is CCN(Cc1cccs1)c1ccc(Cl)cc1C(=N)N. The van der Waals surface area contributed by atoms with E-state index in [1.807, 2.05) is 18.2 Å². The summed E-state index contributed by atoms with van der Waals surface area (Å²) in [6, 6.07) is 9.66. The van der Waals surface area contributed by atoms with Crippen molar-refractivity contribution < 1.29 is 0 Å². The normalized spacial score (nSPS) is 10.4. The Bertz CT molecular complexity index is 566. The quantitative estimate of drug-likeness (QED) is 0.652. The van der Waals surface area contributed by atoms with Gasteiger partial charge < -0.3 is 10.6 Å². The molecule has 0 bridgehead atoms. The number of anilines is 1. The minimum absolute atomic E-state index is 0.0436. The van der Waals surface area contributed by atoms with Gasteiger partial charge in [0.1, 0.15) is 5.84 Å². The third-order valence-electron chi connectivity index (χ3n) is 2.90. The van der Waals surface area contributed by atoms with Crippen LogP contribution in [0.25, 0.3) is 0 Å². The van der Waals surface area contributed by atoms with E-state index in [1.165, 1.54) is 4.88 Å². The first-order valence-corrected chi connectivity index (χ1v) is 7.29. The van der Waals surface area contributed by atoms with Crippen LogP contribution in [0.1, 0.15) is 17.4 Å². The first-order valence-electron chi connectivity index (χ1n) is 6.03. The molecule has 0 unspecified atom stereocenters. The van der Waals surface area contributed by atoms with Crippen LogP contribution in [0, 0.1) is 5.41 Å². The molecule has 5 heteroatoms. The van der Waals surface area contributed by atoms with Crippen LogP contribution in [0.5, 0.6) is 0 Å². The fourth-order valence-corrected chi connectivity index (χ4v) is 2.85. The molecule has 0 aliphatic carbocycles. The Morgan fingerprint density at radius 2 is 2.21 bits per heavy atom. The van der Waals surface area contributed by atoms with Gasteiger partial charge in [-0.3, -0.25) is 5.41 Å². The molecule has 0 amide bonds. The molecule has 100 valence electrons. The van der Waals surface area contributed by atoms with Gasteiger partial charge in [0.05, 0.1) is 6.54 Å². The highest BCUT2D eigenvalue weighted by molar-refractivity contribution is 7.09. The molecule has 2 aromatic rings. The van der Waals surface area contributed by atoms with Crippen LogP contribution < -0.4 is 10.6 Å². The number of nitrogens with zero attached hydrogens (tertiary/aromatic N) is 1. The van der Waals surface area contributed by atoms with E-state index in [9.17, 15) is 0 Å². The van der Waals surface area contributed by atoms with E-state index in [0.29, 0.717) is 10.6 Å². The predicted molar refractivity (Wildman–Crippen MR) is 83.5 cm³/mol. The van der Waals surface area contributed by atoms with Crippen LogP contribution in [0.4, 0.5) is 5.69 Å². The third-order valence-corrected chi connectivity index (χ3v) is 3.99. The van der Waals surface area contributed by atoms with Crippen molar-refractivity contribution in [1.82, 2.24) is 0 Å². The number of halogens is 1. The number of nitrogens with two attached hydrogens (primary N) is 1. The minimum atomic E-state index is 0.0436. The molecule has 0 radical (unpaired) electrons. The number of nitrogens with one attached hydrogen (secondary N) is 1. The summed E-state index contributed by atoms with van der Waals surface area (Å²) in [6.45, 7) is 3.75. The summed E-state index contributed by atoms with van der Waals surface area (Å²) in [4.78, 5) is 3.48. The number of thiophene rings is 1. The van der Waals surface area contributed by atoms with Crippen LogP contribution in [0.3, 0.4) is 0 Å². The van der Waals surface area contributed by atoms with Crippen molar-refractivity contribution in [2.45, 2.75) is 13.5 Å². The Balaban J connectivity index is 2.35. The van der Waals surface area contributed by atoms with Crippen molar-refractivity contribution in [1.29, 1.82) is 5.41 Å². The number of rotatable bonds is 5. The van der Waals surface area contributed by atoms with Gasteiger partial charge in [-0.15, -0.1) is 11.3 Å². The molecule has 0 aliphatic heterocycles. The highest BCUT2D eigenvalue weighted by Crippen LogP contribution is 2.26. The first kappa shape index (κ1) is 13.9. The maximum absolute atomic E-state index is 7.69. The molecule has 0 atom stereocenters. The highest BCUT2D eigenvalue weighted by Gasteiger charge is 2.13. The Hall–Kier alpha value is -1.52. The Labute approximate surface area is 122 Å². The lowest BCUT2D eigenvalue weighted by Crippen LogP contribution is -2.25. The maximum atomic E-state index is 7.69. The Morgan fingerprint density at radius 1 is 1.42 bits per heavy atom. The largest absolute Gasteiger partial charge is 0.384 e. The number of hydrogen-bond acceptors (Lipinski definition) is 3. The summed E-state index contributed by atoms with van der Waals surface area (Å²) >= 11 is 7.71. The van der Waals surface area contributed by atoms with Gasteiger partial charge in [0.15, 0.2) is 0 Å². The first-order chi connectivity index (χ1) is 9.11. The van der Waals surface area contributed by atoms with E-state index in [2.05, 4.69) is 23.3 Å². The zero-order valence-electron chi connectivity index (χ0n) is 10.7. The molecular weight excluding hydrogens is 278 g/mol. The average Bonchev–Trinajstić information content (AvgIpc) is 2.89. The van der Waals surface area contributed by atoms with Gasteiger partial charge in [0.2, 0.25) is 0 Å². The molecule has 0 fully saturated rings. The summed E-state index contributed by atoms with van der Waals surface area (Å²) in [5.74, 6) is 0.0436. The average molecular weight is 294 g/mol. The molecule has 2 rings (SSSR count). The number of amidine groups is 1. The highest BCUT2D eigenvalue weighted by atomic mass is 35.5. The number of hydrogen-bond donors (Lipinski definition) is 2. The van der Waals surface area contributed by atoms with Gasteiger partial charge in [-0.2, -0.15) is 0 Å². The van der Waals surface area contributed by atoms with Crippen LogP contribution in [0.15, 0.2) is 35.7 Å². The lowest BCUT2D eigenvalue weighted by Gasteiger charge is -2.25. The van der Waals surface area contributed by atoms with Crippen LogP contribution in [-0.4, -0.2) is 12.4 Å². The van der Waals surface area contributed by atoms with E-state index >= 15 is 0 Å². The van der Waals surface area contributed by atoms with Gasteiger partial charge in [-0.1, -0.05) is 17.7 Å². The zero-order chi connectivity index (χ0) is 13.8. The van der Waals surface area contributed by atoms with E-state index in [1.54, 1.807) is 17.4 Å². The second kappa shape index (κ2) is 6.08. The van der Waals surface area contributed by atoms with Crippen molar-refractivity contribution in [3.63, 3.8) is 0 Å². The van der Waals surface area contributed by atoms with E-state index in [4.69, 9.17) is 22.7 Å². The molecule has 3 nitrogen and oxygen atoms in total. The summed E-state index contributed by atoms with van der Waals surface area (Å²) in [5, 5.41) is 10.4. The third kappa shape index (κ3) is 3.28. The smallest absolute Gasteiger partial charge is 0.124 e. The van der Waals surface area contributed by atoms with Crippen LogP contribution in [-0.2, 0) is 6.54 Å². The standard InChI is InChI=1S/C14H16ClN3S/c1-2-18(9-11-4-3-7-19-11)13-6-5-10(15)8-12(13)14(16)17/h3-8H,2,9H2,1H3,(H3,16,17). The summed E-state index contributed by atoms with van der Waals surface area (Å²) in [5.41, 5.74) is 7.29. The minimum Gasteiger partial charge on any atom is -0.384 e. The molecule has 0 saturated carbocycles. The molecule has 1 aromatic carbocycles. The van der Waals surface area contributed by atoms with Crippen molar-refractivity contribution in [2.75, 3.05) is 11.4 Å². The molecule has 19 heavy (non-hydrogen) atoms. The van der Waals surface area contributed by atoms with E-state index in [-0.39, 0.29) is 5.84 Å². The fourth-order valence-electron chi connectivity index (χ4n) is 1.96. The number of benzene rings is 1. The van der Waals surface area contributed by atoms with Gasteiger partial charge >= 0.3 is 0 Å². The van der Waals surface area contributed by atoms with Crippen molar-refractivity contribution in [2.24, 2.45) is 5.73 Å². The van der Waals surface area contributed by atoms with Gasteiger partial charge in [0.25, 0.3) is 0 Å². The molecular formula is C14H16ClN3S.